The van der Waals surface area contributed by atoms with E-state index < -0.39 is 11.4 Å². The summed E-state index contributed by atoms with van der Waals surface area (Å²) in [6.07, 6.45) is 8.22. The number of aromatic carboxylic acids is 1. The number of carboxylic acid groups (broad SMARTS) is 1. The van der Waals surface area contributed by atoms with Crippen LogP contribution in [0.2, 0.25) is 0 Å². The third kappa shape index (κ3) is 2.46. The van der Waals surface area contributed by atoms with E-state index >= 15 is 0 Å². The van der Waals surface area contributed by atoms with Crippen molar-refractivity contribution in [3.05, 3.63) is 83.5 Å². The predicted octanol–water partition coefficient (Wildman–Crippen LogP) is 2.56. The molecule has 0 radical (unpaired) electrons. The Hall–Kier alpha value is -3.48. The Balaban J connectivity index is 1.81. The van der Waals surface area contributed by atoms with Crippen LogP contribution in [0.5, 0.6) is 0 Å². The van der Waals surface area contributed by atoms with Crippen molar-refractivity contribution in [3.63, 3.8) is 0 Å². The van der Waals surface area contributed by atoms with Crippen molar-refractivity contribution in [1.82, 2.24) is 25.6 Å². The number of nitrogens with zero attached hydrogens (tertiary/aromatic N) is 3. The zero-order chi connectivity index (χ0) is 17.3. The monoisotopic (exact) mass is 333 g/mol. The maximum Gasteiger partial charge on any atom is 0.358 e. The highest BCUT2D eigenvalue weighted by Gasteiger charge is 2.40. The molecule has 2 aromatic heterocycles. The molecule has 1 atom stereocenters. The average Bonchev–Trinajstić information content (AvgIpc) is 3.35. The number of allylic oxidation sites excluding steroid dienone is 4. The van der Waals surface area contributed by atoms with Gasteiger partial charge in [-0.1, -0.05) is 48.6 Å². The fourth-order valence-electron chi connectivity index (χ4n) is 3.18. The molecule has 1 aliphatic carbocycles. The van der Waals surface area contributed by atoms with E-state index in [0.29, 0.717) is 12.1 Å². The van der Waals surface area contributed by atoms with Crippen molar-refractivity contribution < 1.29 is 9.90 Å². The van der Waals surface area contributed by atoms with Gasteiger partial charge in [0, 0.05) is 6.20 Å². The molecule has 3 aromatic rings. The van der Waals surface area contributed by atoms with Crippen molar-refractivity contribution >= 4 is 11.5 Å². The summed E-state index contributed by atoms with van der Waals surface area (Å²) in [5, 5.41) is 26.8. The number of carbonyl (C=O) groups is 1. The third-order valence-electron chi connectivity index (χ3n) is 4.45. The first-order valence-corrected chi connectivity index (χ1v) is 7.80. The first-order chi connectivity index (χ1) is 12.2. The lowest BCUT2D eigenvalue weighted by Gasteiger charge is -2.29. The third-order valence-corrected chi connectivity index (χ3v) is 4.45. The number of aromatic amines is 2. The topological polar surface area (TPSA) is 108 Å². The Morgan fingerprint density at radius 1 is 1.16 bits per heavy atom. The van der Waals surface area contributed by atoms with Gasteiger partial charge in [-0.05, 0) is 23.6 Å². The Bertz CT molecular complexity index is 957. The molecule has 0 saturated carbocycles. The molecule has 1 aliphatic rings. The largest absolute Gasteiger partial charge is 0.476 e. The minimum atomic E-state index is -1.12. The van der Waals surface area contributed by atoms with Gasteiger partial charge in [-0.25, -0.2) is 4.79 Å². The van der Waals surface area contributed by atoms with Gasteiger partial charge in [-0.2, -0.15) is 15.4 Å². The van der Waals surface area contributed by atoms with Crippen molar-refractivity contribution in [2.24, 2.45) is 0 Å². The highest BCUT2D eigenvalue weighted by molar-refractivity contribution is 5.87. The Kier molecular flexibility index (Phi) is 3.53. The lowest BCUT2D eigenvalue weighted by Crippen LogP contribution is -2.29. The first-order valence-electron chi connectivity index (χ1n) is 7.80. The molecule has 0 amide bonds. The number of H-pyrrole nitrogens is 2. The van der Waals surface area contributed by atoms with Crippen LogP contribution in [0.1, 0.15) is 33.9 Å². The molecule has 0 fully saturated rings. The second kappa shape index (κ2) is 5.86. The van der Waals surface area contributed by atoms with E-state index in [1.54, 1.807) is 6.20 Å². The van der Waals surface area contributed by atoms with Crippen molar-refractivity contribution in [2.45, 2.75) is 11.8 Å². The molecular weight excluding hydrogens is 318 g/mol. The lowest BCUT2D eigenvalue weighted by molar-refractivity contribution is 0.0688. The van der Waals surface area contributed by atoms with E-state index in [1.165, 1.54) is 0 Å². The van der Waals surface area contributed by atoms with Crippen LogP contribution in [0, 0.1) is 0 Å². The number of carboxylic acids is 1. The molecule has 0 aliphatic heterocycles. The van der Waals surface area contributed by atoms with Crippen molar-refractivity contribution in [1.29, 1.82) is 0 Å². The summed E-state index contributed by atoms with van der Waals surface area (Å²) in [6.45, 7) is 0. The Morgan fingerprint density at radius 2 is 2.00 bits per heavy atom. The highest BCUT2D eigenvalue weighted by atomic mass is 16.4. The molecule has 0 spiro atoms. The van der Waals surface area contributed by atoms with Crippen LogP contribution < -0.4 is 0 Å². The molecule has 1 unspecified atom stereocenters. The van der Waals surface area contributed by atoms with E-state index in [2.05, 4.69) is 31.7 Å². The van der Waals surface area contributed by atoms with Gasteiger partial charge in [0.15, 0.2) is 5.69 Å². The second-order valence-electron chi connectivity index (χ2n) is 5.83. The van der Waals surface area contributed by atoms with Gasteiger partial charge in [0.2, 0.25) is 0 Å². The summed E-state index contributed by atoms with van der Waals surface area (Å²) in [6, 6.07) is 11.9. The van der Waals surface area contributed by atoms with Crippen molar-refractivity contribution in [2.75, 3.05) is 0 Å². The number of hydrogen-bond donors (Lipinski definition) is 3. The summed E-state index contributed by atoms with van der Waals surface area (Å²) >= 11 is 0. The van der Waals surface area contributed by atoms with Crippen LogP contribution in [0.3, 0.4) is 0 Å². The average molecular weight is 333 g/mol. The summed E-state index contributed by atoms with van der Waals surface area (Å²) in [5.74, 6) is -1.12. The molecule has 25 heavy (non-hydrogen) atoms. The molecule has 2 heterocycles. The zero-order valence-electron chi connectivity index (χ0n) is 13.2. The molecule has 0 saturated heterocycles. The summed E-state index contributed by atoms with van der Waals surface area (Å²) in [4.78, 5) is 11.5. The van der Waals surface area contributed by atoms with Crippen molar-refractivity contribution in [3.8, 4) is 0 Å². The summed E-state index contributed by atoms with van der Waals surface area (Å²) < 4.78 is 0. The summed E-state index contributed by atoms with van der Waals surface area (Å²) in [7, 11) is 0. The van der Waals surface area contributed by atoms with Gasteiger partial charge >= 0.3 is 5.97 Å². The van der Waals surface area contributed by atoms with E-state index in [-0.39, 0.29) is 5.69 Å². The number of rotatable bonds is 4. The van der Waals surface area contributed by atoms with Crippen LogP contribution in [-0.2, 0) is 5.41 Å². The molecule has 124 valence electrons. The second-order valence-corrected chi connectivity index (χ2v) is 5.83. The molecule has 1 aromatic carbocycles. The van der Waals surface area contributed by atoms with Crippen LogP contribution in [0.25, 0.3) is 5.57 Å². The Labute approximate surface area is 143 Å². The van der Waals surface area contributed by atoms with Crippen LogP contribution in [0.15, 0.2) is 60.8 Å². The lowest BCUT2D eigenvalue weighted by atomic mass is 9.73. The standard InChI is InChI=1S/C18H15N5O2/c24-17(25)15-16(22-23-21-15)18(14-8-11-19-20-14)9-6-13(7-10-18)12-4-2-1-3-5-12/h1-9,11H,10H2,(H,19,20)(H,24,25)(H,21,22,23). The van der Waals surface area contributed by atoms with E-state index in [0.717, 1.165) is 16.8 Å². The minimum absolute atomic E-state index is 0.0872. The fourth-order valence-corrected chi connectivity index (χ4v) is 3.18. The SMILES string of the molecule is O=C(O)c1n[nH]nc1C1(c2ccn[nH]2)C=CC(c2ccccc2)=CC1. The van der Waals surface area contributed by atoms with Crippen LogP contribution in [-0.4, -0.2) is 36.7 Å². The fraction of sp³-hybridized carbons (Fsp3) is 0.111. The minimum Gasteiger partial charge on any atom is -0.476 e. The van der Waals surface area contributed by atoms with Gasteiger partial charge in [0.25, 0.3) is 0 Å². The summed E-state index contributed by atoms with van der Waals surface area (Å²) in [5.41, 5.74) is 2.48. The molecule has 7 heteroatoms. The van der Waals surface area contributed by atoms with Crippen LogP contribution in [0.4, 0.5) is 0 Å². The maximum atomic E-state index is 11.5. The quantitative estimate of drug-likeness (QED) is 0.680. The molecule has 4 rings (SSSR count). The number of hydrogen-bond acceptors (Lipinski definition) is 4. The van der Waals surface area contributed by atoms with Gasteiger partial charge in [-0.15, -0.1) is 5.10 Å². The van der Waals surface area contributed by atoms with Gasteiger partial charge in [0.1, 0.15) is 5.69 Å². The van der Waals surface area contributed by atoms with E-state index in [9.17, 15) is 9.90 Å². The molecule has 3 N–H and O–H groups in total. The van der Waals surface area contributed by atoms with Crippen LogP contribution >= 0.6 is 0 Å². The normalized spacial score (nSPS) is 19.6. The number of aromatic nitrogens is 5. The van der Waals surface area contributed by atoms with Gasteiger partial charge in [0.05, 0.1) is 11.1 Å². The highest BCUT2D eigenvalue weighted by Crippen LogP contribution is 2.41. The van der Waals surface area contributed by atoms with E-state index in [4.69, 9.17) is 0 Å². The molecule has 7 nitrogen and oxygen atoms in total. The number of benzene rings is 1. The zero-order valence-corrected chi connectivity index (χ0v) is 13.2. The maximum absolute atomic E-state index is 11.5. The predicted molar refractivity (Wildman–Crippen MR) is 90.9 cm³/mol. The smallest absolute Gasteiger partial charge is 0.358 e. The van der Waals surface area contributed by atoms with Gasteiger partial charge in [-0.3, -0.25) is 5.10 Å². The molecular formula is C18H15N5O2. The molecule has 0 bridgehead atoms. The van der Waals surface area contributed by atoms with E-state index in [1.807, 2.05) is 48.6 Å². The Morgan fingerprint density at radius 3 is 2.64 bits per heavy atom. The number of nitrogens with one attached hydrogen (secondary N) is 2. The van der Waals surface area contributed by atoms with Gasteiger partial charge < -0.3 is 5.11 Å². The first kappa shape index (κ1) is 15.1.